The predicted octanol–water partition coefficient (Wildman–Crippen LogP) is 9.23. The molecule has 2 aromatic carbocycles. The van der Waals surface area contributed by atoms with Crippen LogP contribution in [0.3, 0.4) is 0 Å². The number of amides is 1. The molecule has 2 saturated heterocycles. The third-order valence-electron chi connectivity index (χ3n) is 22.5. The van der Waals surface area contributed by atoms with E-state index in [1.54, 1.807) is 104 Å². The zero-order chi connectivity index (χ0) is 107. The van der Waals surface area contributed by atoms with E-state index < -0.39 is 310 Å². The quantitative estimate of drug-likeness (QED) is 0.0142. The van der Waals surface area contributed by atoms with Crippen molar-refractivity contribution in [2.45, 2.75) is 306 Å². The number of carbonyl (C=O) groups is 4. The number of nitrogens with one attached hydrogen (secondary N) is 5. The number of nitrogens with zero attached hydrogens (tertiary/aromatic N) is 16. The van der Waals surface area contributed by atoms with Gasteiger partial charge >= 0.3 is 17.9 Å². The number of nitrogens with two attached hydrogens (primary N) is 1. The standard InChI is InChI=1S/C93H142N22O28/c1-46(2)35-61(83(133)108-65(40-52-43-99-54-22-14-13-21-53(52)54)87(137)100-56(23-15-16-32-94)79(129)106-62(36-47(3)4)84(134)111-67(38-49(7)8)93(143)115-34-18-25-70(115)91(141)103-58(27-30-73(121)122)81(131)104-60(77(97)127)41-72(96)120)107-88(138)66(42-75(125)126)109-90(140)69(45-117)113-86(136)64(39-51-19-11-10-12-20-51)110-92(142)76(50(9)118)114-82(132)59(28-31-74(123)124)101-80(130)57(26-29-71(95)119)102-89(139)68(44-116)112-85(135)63(37-48(5)6)105-78(128)55-24-17-33-98-55/h10-14,19-22,43,46-50,55-70,76,98-99,116-118H,15-18,23-42,44-45,94H2,1-9H3,(H2,95,119)(H2,96,120)(H2,97,127)(H,100,137)(H,101,130)(H,102,139)(H,103,141)(H,104,131)(H,105,128)(H,106,129)(H,107,138)(H,108,133)(H,109,140)(H,110,142)(H,111,134)(H,112,135)(H,113,136)(H,114,132)(H,121,122)(H,123,124)(H,125,126)/t50-,55-,56-,57-,58-,59-,60-,61-,62-,63-,64-,65-,66-,67-,68-,69-,70-,76-/m0/s1. The molecule has 792 valence electrons. The minimum absolute atomic E-state index is 0.00921. The number of aromatic amines is 1. The molecule has 1 amide bonds. The van der Waals surface area contributed by atoms with Gasteiger partial charge in [-0.25, -0.2) is 74.9 Å². The molecule has 2 aliphatic heterocycles. The van der Waals surface area contributed by atoms with Gasteiger partial charge in [0.15, 0.2) is 35.8 Å². The van der Waals surface area contributed by atoms with Crippen LogP contribution in [-0.2, 0) is 32.0 Å². The highest BCUT2D eigenvalue weighted by atomic mass is 16.4. The van der Waals surface area contributed by atoms with Crippen molar-refractivity contribution in [3.8, 4) is 0 Å². The average molecular weight is 2020 g/mol. The van der Waals surface area contributed by atoms with Crippen LogP contribution in [0.1, 0.15) is 195 Å². The summed E-state index contributed by atoms with van der Waals surface area (Å²) < 4.78 is 0. The first-order valence-corrected chi connectivity index (χ1v) is 47.1. The minimum Gasteiger partial charge on any atom is -0.497 e. The van der Waals surface area contributed by atoms with Crippen molar-refractivity contribution in [2.75, 3.05) is 32.8 Å². The van der Waals surface area contributed by atoms with Crippen LogP contribution in [0.15, 0.2) is 136 Å². The number of aromatic nitrogens is 1. The van der Waals surface area contributed by atoms with E-state index in [4.69, 9.17) is 22.0 Å². The summed E-state index contributed by atoms with van der Waals surface area (Å²) in [5, 5.41) is 294. The van der Waals surface area contributed by atoms with Gasteiger partial charge in [0.2, 0.25) is 94.4 Å². The molecule has 0 saturated carbocycles. The number of H-pyrrole nitrogens is 1. The summed E-state index contributed by atoms with van der Waals surface area (Å²) in [6.45, 7) is 13.5. The molecule has 3 aromatic rings. The van der Waals surface area contributed by atoms with Gasteiger partial charge in [-0.05, 0) is 151 Å². The second-order valence-electron chi connectivity index (χ2n) is 36.5. The molecule has 18 atom stereocenters. The number of aliphatic hydroxyl groups is 21. The number of fused-ring (bicyclic) bond motifs is 1. The number of hydrogen-bond acceptors (Lipinski definition) is 27. The summed E-state index contributed by atoms with van der Waals surface area (Å²) in [6.07, 6.45) is -4.61. The lowest BCUT2D eigenvalue weighted by atomic mass is 10.0. The van der Waals surface area contributed by atoms with Crippen molar-refractivity contribution in [3.05, 3.63) is 71.9 Å². The van der Waals surface area contributed by atoms with Gasteiger partial charge in [0, 0.05) is 55.7 Å². The molecule has 2 fully saturated rings. The van der Waals surface area contributed by atoms with E-state index in [-0.39, 0.29) is 94.5 Å². The van der Waals surface area contributed by atoms with Crippen LogP contribution in [0, 0.1) is 39.9 Å². The number of unbranched alkanes of at least 4 members (excludes halogenated alkanes) is 1. The van der Waals surface area contributed by atoms with Crippen molar-refractivity contribution in [1.82, 2.24) is 15.2 Å². The lowest BCUT2D eigenvalue weighted by Crippen LogP contribution is -2.46. The summed E-state index contributed by atoms with van der Waals surface area (Å²) >= 11 is 0. The Hall–Kier alpha value is -13.9. The Morgan fingerprint density at radius 2 is 0.797 bits per heavy atom. The lowest BCUT2D eigenvalue weighted by Gasteiger charge is -2.28. The molecule has 0 aliphatic carbocycles. The molecule has 50 heteroatoms. The third kappa shape index (κ3) is 40.9. The highest BCUT2D eigenvalue weighted by Gasteiger charge is 2.40. The Labute approximate surface area is 825 Å². The number of aliphatic hydroxyl groups excluding tert-OH is 21. The second kappa shape index (κ2) is 59.8. The van der Waals surface area contributed by atoms with E-state index in [1.807, 2.05) is 0 Å². The molecule has 3 heterocycles. The topological polar surface area (TPSA) is 868 Å². The van der Waals surface area contributed by atoms with Gasteiger partial charge in [-0.2, -0.15) is 0 Å². The van der Waals surface area contributed by atoms with Gasteiger partial charge in [0.25, 0.3) is 0 Å². The van der Waals surface area contributed by atoms with Crippen molar-refractivity contribution < 1.29 is 142 Å². The fraction of sp³-hybridized carbons (Fsp3) is 0.613. The molecule has 31 N–H and O–H groups in total. The van der Waals surface area contributed by atoms with Crippen LogP contribution in [0.2, 0.25) is 0 Å². The van der Waals surface area contributed by atoms with Crippen LogP contribution in [0.5, 0.6) is 0 Å². The smallest absolute Gasteiger partial charge is 0.306 e. The summed E-state index contributed by atoms with van der Waals surface area (Å²) in [4.78, 5) is 119. The van der Waals surface area contributed by atoms with Gasteiger partial charge in [-0.15, -0.1) is 0 Å². The van der Waals surface area contributed by atoms with Gasteiger partial charge in [0.1, 0.15) is 78.5 Å². The van der Waals surface area contributed by atoms with E-state index in [1.165, 1.54) is 17.0 Å². The number of carboxylic acid groups (broad SMARTS) is 3. The number of likely N-dealkylation sites (tertiary alicyclic amines) is 1. The van der Waals surface area contributed by atoms with E-state index in [2.05, 4.69) is 85.2 Å². The Kier molecular flexibility index (Phi) is 50.0. The monoisotopic (exact) mass is 2020 g/mol. The van der Waals surface area contributed by atoms with Crippen LogP contribution in [0.4, 0.5) is 0 Å². The van der Waals surface area contributed by atoms with Gasteiger partial charge < -0.3 is 143 Å². The predicted molar refractivity (Wildman–Crippen MR) is 543 cm³/mol. The summed E-state index contributed by atoms with van der Waals surface area (Å²) in [6, 6.07) is -12.6. The average Bonchev–Trinajstić information content (AvgIpc) is 1.72. The van der Waals surface area contributed by atoms with Crippen molar-refractivity contribution >= 4 is 141 Å². The number of para-hydroxylation sites is 1. The van der Waals surface area contributed by atoms with E-state index in [0.717, 1.165) is 13.3 Å². The van der Waals surface area contributed by atoms with Crippen LogP contribution < -0.4 is 11.1 Å². The molecule has 0 radical (unpaired) electrons. The fourth-order valence-corrected chi connectivity index (χ4v) is 15.2. The largest absolute Gasteiger partial charge is 0.497 e. The Morgan fingerprint density at radius 3 is 1.27 bits per heavy atom. The molecule has 50 nitrogen and oxygen atoms in total. The first-order chi connectivity index (χ1) is 67.4. The Balaban J connectivity index is 1.61. The third-order valence-corrected chi connectivity index (χ3v) is 22.5. The maximum absolute atomic E-state index is 14.8. The van der Waals surface area contributed by atoms with Gasteiger partial charge in [0.05, 0.1) is 38.2 Å². The number of carboxylic acids is 3. The highest BCUT2D eigenvalue weighted by molar-refractivity contribution is 5.99. The minimum atomic E-state index is -2.12. The Bertz CT molecular complexity index is 5170. The zero-order valence-electron chi connectivity index (χ0n) is 81.5. The highest BCUT2D eigenvalue weighted by Crippen LogP contribution is 2.29. The molecule has 0 spiro atoms. The zero-order valence-corrected chi connectivity index (χ0v) is 81.5. The van der Waals surface area contributed by atoms with Gasteiger partial charge in [-0.1, -0.05) is 104 Å². The normalized spacial score (nSPS) is 19.5. The molecule has 0 bridgehead atoms. The SMILES string of the molecule is CC(C)C[C@H](N=C(O)[C@H](CC(C)C)N=C(O)[C@H](CCCCN)N=C(O)[C@H](Cc1c[nH]c2ccccc12)N=C(O)[C@H](CC(C)C)N=C(O)[C@H](CC(=O)O)N=C(O)[C@H](CO)N=C(O)[C@H](Cc1ccccc1)N=C(O)[C@@H](N=C(O)[C@H](CCC(=O)O)N=C(O)[C@H](CCC(=N)O)N=C(O)[C@H](CO)N=C(O)[C@H](CC(C)C)N=C(O)[C@@H]1CCCN1)[C@H](C)O)C(=O)N1CCC[C@H]1C(O)=N[C@@H](CCC(=O)O)C(O)=N[C@@H](CC(=N)O)C(=N)O. The van der Waals surface area contributed by atoms with Crippen LogP contribution >= 0.6 is 0 Å². The van der Waals surface area contributed by atoms with Crippen molar-refractivity contribution in [3.63, 3.8) is 0 Å². The molecular weight excluding hydrogens is 1870 g/mol. The molecule has 1 aromatic heterocycles. The van der Waals surface area contributed by atoms with E-state index in [0.29, 0.717) is 41.4 Å². The number of rotatable bonds is 64. The fourth-order valence-electron chi connectivity index (χ4n) is 15.2. The van der Waals surface area contributed by atoms with Gasteiger partial charge in [-0.3, -0.25) is 35.4 Å². The molecule has 143 heavy (non-hydrogen) atoms. The molecule has 0 unspecified atom stereocenters. The maximum Gasteiger partial charge on any atom is 0.306 e. The lowest BCUT2D eigenvalue weighted by molar-refractivity contribution is -0.138. The van der Waals surface area contributed by atoms with Crippen LogP contribution in [0.25, 0.3) is 10.9 Å². The number of carbonyl (C=O) groups excluding carboxylic acids is 1. The number of hydrogen-bond donors (Lipinski definition) is 30. The molecule has 5 rings (SSSR count). The molecule has 2 aliphatic rings. The molecular formula is C93H142N22O28. The van der Waals surface area contributed by atoms with E-state index in [9.17, 15) is 142 Å². The Morgan fingerprint density at radius 1 is 0.399 bits per heavy atom. The summed E-state index contributed by atoms with van der Waals surface area (Å²) in [5.41, 5.74) is 7.43. The summed E-state index contributed by atoms with van der Waals surface area (Å²) in [7, 11) is 0. The maximum atomic E-state index is 14.8. The second-order valence-corrected chi connectivity index (χ2v) is 36.5. The van der Waals surface area contributed by atoms with Crippen LogP contribution in [-0.4, -0.2) is 404 Å². The number of benzene rings is 2. The van der Waals surface area contributed by atoms with E-state index >= 15 is 0 Å². The number of aliphatic imine (C=N–C) groups is 15. The summed E-state index contributed by atoms with van der Waals surface area (Å²) in [5.74, 6) is -23.7. The first-order valence-electron chi connectivity index (χ1n) is 47.1. The number of aliphatic carboxylic acids is 3. The first kappa shape index (κ1) is 120. The van der Waals surface area contributed by atoms with Crippen molar-refractivity contribution in [1.29, 1.82) is 16.2 Å². The van der Waals surface area contributed by atoms with Crippen molar-refractivity contribution in [2.24, 2.45) is 104 Å².